The Balaban J connectivity index is 0.000000980. The Morgan fingerprint density at radius 3 is 2.33 bits per heavy atom. The number of nitrogens with zero attached hydrogens (tertiary/aromatic N) is 1. The van der Waals surface area contributed by atoms with Crippen molar-refractivity contribution in [3.63, 3.8) is 0 Å². The lowest BCUT2D eigenvalue weighted by Gasteiger charge is -2.02. The van der Waals surface area contributed by atoms with Gasteiger partial charge in [-0.2, -0.15) is 0 Å². The van der Waals surface area contributed by atoms with Crippen LogP contribution in [0.15, 0.2) is 24.4 Å². The normalized spacial score (nSPS) is 9.20. The van der Waals surface area contributed by atoms with Gasteiger partial charge in [0.25, 0.3) is 0 Å². The number of nitrogen functional groups attached to an aromatic ring is 1. The summed E-state index contributed by atoms with van der Waals surface area (Å²) in [6, 6.07) is 5.21. The molecule has 0 radical (unpaired) electrons. The fourth-order valence-corrected chi connectivity index (χ4v) is 1.59. The molecule has 0 aliphatic carbocycles. The molecule has 0 saturated heterocycles. The van der Waals surface area contributed by atoms with Gasteiger partial charge in [0.2, 0.25) is 0 Å². The van der Waals surface area contributed by atoms with Crippen LogP contribution in [0.2, 0.25) is 10.0 Å². The molecule has 0 saturated carbocycles. The average molecular weight is 286 g/mol. The largest absolute Gasteiger partial charge is 0.397 e. The summed E-state index contributed by atoms with van der Waals surface area (Å²) in [6.07, 6.45) is 1.56. The molecule has 1 aromatic heterocycles. The van der Waals surface area contributed by atoms with Crippen molar-refractivity contribution in [2.24, 2.45) is 0 Å². The number of fused-ring (bicyclic) bond motifs is 1. The highest BCUT2D eigenvalue weighted by Crippen LogP contribution is 2.28. The molecule has 0 fully saturated rings. The van der Waals surface area contributed by atoms with Crippen LogP contribution in [0.25, 0.3) is 10.9 Å². The maximum atomic E-state index is 5.95. The maximum absolute atomic E-state index is 5.95. The van der Waals surface area contributed by atoms with Crippen molar-refractivity contribution in [2.45, 2.75) is 0 Å². The third-order valence-electron chi connectivity index (χ3n) is 1.77. The average Bonchev–Trinajstić information content (AvgIpc) is 2.12. The Labute approximate surface area is 110 Å². The second kappa shape index (κ2) is 5.61. The molecule has 0 aliphatic heterocycles. The molecule has 0 bridgehead atoms. The number of rotatable bonds is 0. The minimum absolute atomic E-state index is 0. The first-order valence-corrected chi connectivity index (χ1v) is 4.43. The molecule has 0 unspecified atom stereocenters. The summed E-state index contributed by atoms with van der Waals surface area (Å²) in [5.41, 5.74) is 6.84. The van der Waals surface area contributed by atoms with Gasteiger partial charge >= 0.3 is 0 Å². The highest BCUT2D eigenvalue weighted by Gasteiger charge is 2.04. The minimum Gasteiger partial charge on any atom is -0.397 e. The van der Waals surface area contributed by atoms with E-state index in [-0.39, 0.29) is 24.8 Å². The van der Waals surface area contributed by atoms with Gasteiger partial charge in [0.15, 0.2) is 0 Å². The van der Waals surface area contributed by atoms with Crippen molar-refractivity contribution in [3.05, 3.63) is 34.4 Å². The van der Waals surface area contributed by atoms with E-state index in [0.29, 0.717) is 21.2 Å². The van der Waals surface area contributed by atoms with Gasteiger partial charge < -0.3 is 5.73 Å². The summed E-state index contributed by atoms with van der Waals surface area (Å²) < 4.78 is 0. The van der Waals surface area contributed by atoms with Crippen LogP contribution >= 0.6 is 48.0 Å². The molecule has 0 aliphatic rings. The number of benzene rings is 1. The molecule has 1 heterocycles. The fraction of sp³-hybridized carbons (Fsp3) is 0. The van der Waals surface area contributed by atoms with Gasteiger partial charge in [-0.15, -0.1) is 24.8 Å². The van der Waals surface area contributed by atoms with E-state index in [1.165, 1.54) is 0 Å². The van der Waals surface area contributed by atoms with Crippen LogP contribution in [0.4, 0.5) is 5.69 Å². The number of pyridine rings is 1. The van der Waals surface area contributed by atoms with E-state index in [9.17, 15) is 0 Å². The molecule has 0 amide bonds. The fourth-order valence-electron chi connectivity index (χ4n) is 1.17. The smallest absolute Gasteiger partial charge is 0.0904 e. The van der Waals surface area contributed by atoms with E-state index in [2.05, 4.69) is 4.98 Å². The molecular formula is C9H8Cl4N2. The van der Waals surface area contributed by atoms with Crippen molar-refractivity contribution in [2.75, 3.05) is 5.73 Å². The first-order chi connectivity index (χ1) is 6.18. The summed E-state index contributed by atoms with van der Waals surface area (Å²) in [4.78, 5) is 4.10. The van der Waals surface area contributed by atoms with Crippen molar-refractivity contribution < 1.29 is 0 Å². The summed E-state index contributed by atoms with van der Waals surface area (Å²) in [5.74, 6) is 0. The minimum atomic E-state index is 0. The number of halogens is 4. The van der Waals surface area contributed by atoms with Crippen LogP contribution in [0, 0.1) is 0 Å². The van der Waals surface area contributed by atoms with Crippen molar-refractivity contribution in [1.82, 2.24) is 4.98 Å². The molecule has 2 nitrogen and oxygen atoms in total. The standard InChI is InChI=1S/C9H6Cl2N2.2ClH/c10-7-1-2-8(11)9-6(7)3-5(12)4-13-9;;/h1-4H,12H2;2*1H. The summed E-state index contributed by atoms with van der Waals surface area (Å²) in [6.45, 7) is 0. The third-order valence-corrected chi connectivity index (χ3v) is 2.40. The molecule has 6 heteroatoms. The Bertz CT molecular complexity index is 473. The highest BCUT2D eigenvalue weighted by molar-refractivity contribution is 6.39. The number of anilines is 1. The van der Waals surface area contributed by atoms with Gasteiger partial charge in [-0.1, -0.05) is 23.2 Å². The quantitative estimate of drug-likeness (QED) is 0.795. The molecule has 15 heavy (non-hydrogen) atoms. The lowest BCUT2D eigenvalue weighted by Crippen LogP contribution is -1.88. The molecule has 82 valence electrons. The van der Waals surface area contributed by atoms with Crippen molar-refractivity contribution >= 4 is 64.6 Å². The first kappa shape index (κ1) is 14.6. The Hall–Kier alpha value is -0.410. The topological polar surface area (TPSA) is 38.9 Å². The molecule has 2 rings (SSSR count). The molecule has 2 N–H and O–H groups in total. The number of hydrogen-bond donors (Lipinski definition) is 1. The van der Waals surface area contributed by atoms with Gasteiger partial charge in [-0.05, 0) is 18.2 Å². The van der Waals surface area contributed by atoms with E-state index < -0.39 is 0 Å². The van der Waals surface area contributed by atoms with E-state index in [4.69, 9.17) is 28.9 Å². The number of nitrogens with two attached hydrogens (primary N) is 1. The molecule has 0 atom stereocenters. The zero-order chi connectivity index (χ0) is 9.42. The Morgan fingerprint density at radius 1 is 1.07 bits per heavy atom. The van der Waals surface area contributed by atoms with E-state index >= 15 is 0 Å². The van der Waals surface area contributed by atoms with Crippen LogP contribution in [-0.4, -0.2) is 4.98 Å². The summed E-state index contributed by atoms with van der Waals surface area (Å²) >= 11 is 11.9. The van der Waals surface area contributed by atoms with Crippen molar-refractivity contribution in [1.29, 1.82) is 0 Å². The van der Waals surface area contributed by atoms with Crippen molar-refractivity contribution in [3.8, 4) is 0 Å². The van der Waals surface area contributed by atoms with Gasteiger partial charge in [0, 0.05) is 5.39 Å². The Morgan fingerprint density at radius 2 is 1.67 bits per heavy atom. The number of hydrogen-bond acceptors (Lipinski definition) is 2. The zero-order valence-electron chi connectivity index (χ0n) is 7.41. The van der Waals surface area contributed by atoms with Crippen LogP contribution < -0.4 is 5.73 Å². The monoisotopic (exact) mass is 284 g/mol. The second-order valence-electron chi connectivity index (χ2n) is 2.69. The van der Waals surface area contributed by atoms with Gasteiger partial charge in [0.05, 0.1) is 27.4 Å². The van der Waals surface area contributed by atoms with Crippen LogP contribution in [0.5, 0.6) is 0 Å². The van der Waals surface area contributed by atoms with Gasteiger partial charge in [-0.3, -0.25) is 4.98 Å². The first-order valence-electron chi connectivity index (χ1n) is 3.68. The van der Waals surface area contributed by atoms with E-state index in [1.807, 2.05) is 0 Å². The SMILES string of the molecule is Cl.Cl.Nc1cnc2c(Cl)ccc(Cl)c2c1. The summed E-state index contributed by atoms with van der Waals surface area (Å²) in [5, 5.41) is 1.98. The predicted molar refractivity (Wildman–Crippen MR) is 70.7 cm³/mol. The van der Waals surface area contributed by atoms with E-state index in [0.717, 1.165) is 5.39 Å². The zero-order valence-corrected chi connectivity index (χ0v) is 10.6. The highest BCUT2D eigenvalue weighted by atomic mass is 35.5. The van der Waals surface area contributed by atoms with Gasteiger partial charge in [0.1, 0.15) is 0 Å². The Kier molecular flexibility index (Phi) is 5.46. The lowest BCUT2D eigenvalue weighted by molar-refractivity contribution is 1.41. The molecular weight excluding hydrogens is 278 g/mol. The summed E-state index contributed by atoms with van der Waals surface area (Å²) in [7, 11) is 0. The van der Waals surface area contributed by atoms with Crippen LogP contribution in [0.1, 0.15) is 0 Å². The third kappa shape index (κ3) is 2.79. The number of aromatic nitrogens is 1. The predicted octanol–water partition coefficient (Wildman–Crippen LogP) is 3.97. The molecule has 0 spiro atoms. The van der Waals surface area contributed by atoms with Crippen LogP contribution in [0.3, 0.4) is 0 Å². The van der Waals surface area contributed by atoms with Crippen LogP contribution in [-0.2, 0) is 0 Å². The molecule has 1 aromatic carbocycles. The maximum Gasteiger partial charge on any atom is 0.0904 e. The molecule has 2 aromatic rings. The van der Waals surface area contributed by atoms with E-state index in [1.54, 1.807) is 24.4 Å². The second-order valence-corrected chi connectivity index (χ2v) is 3.51. The lowest BCUT2D eigenvalue weighted by atomic mass is 10.2. The van der Waals surface area contributed by atoms with Gasteiger partial charge in [-0.25, -0.2) is 0 Å².